The summed E-state index contributed by atoms with van der Waals surface area (Å²) in [6.45, 7) is 4.19. The van der Waals surface area contributed by atoms with Gasteiger partial charge in [-0.25, -0.2) is 9.37 Å². The van der Waals surface area contributed by atoms with Crippen molar-refractivity contribution in [2.24, 2.45) is 0 Å². The zero-order valence-electron chi connectivity index (χ0n) is 14.2. The highest BCUT2D eigenvalue weighted by Crippen LogP contribution is 2.36. The molecule has 130 valence electrons. The van der Waals surface area contributed by atoms with E-state index in [1.165, 1.54) is 19.1 Å². The number of carbonyl (C=O) groups excluding carboxylic acids is 1. The van der Waals surface area contributed by atoms with Crippen LogP contribution in [-0.2, 0) is 4.79 Å². The lowest BCUT2D eigenvalue weighted by atomic mass is 10.1. The summed E-state index contributed by atoms with van der Waals surface area (Å²) in [6.07, 6.45) is 3.70. The number of halogens is 2. The Morgan fingerprint density at radius 1 is 1.32 bits per heavy atom. The van der Waals surface area contributed by atoms with Crippen molar-refractivity contribution in [3.05, 3.63) is 53.4 Å². The second-order valence-corrected chi connectivity index (χ2v) is 6.27. The van der Waals surface area contributed by atoms with Crippen molar-refractivity contribution in [2.75, 3.05) is 11.4 Å². The fourth-order valence-corrected chi connectivity index (χ4v) is 3.09. The minimum absolute atomic E-state index is 0.0708. The number of carbonyl (C=O) groups is 1. The molecule has 0 radical (unpaired) electrons. The topological polar surface area (TPSA) is 37.6 Å². The Bertz CT molecular complexity index is 922. The van der Waals surface area contributed by atoms with E-state index in [0.717, 1.165) is 12.8 Å². The molecule has 4 nitrogen and oxygen atoms in total. The molecule has 25 heavy (non-hydrogen) atoms. The summed E-state index contributed by atoms with van der Waals surface area (Å²) < 4.78 is 15.3. The molecule has 0 bridgehead atoms. The lowest BCUT2D eigenvalue weighted by molar-refractivity contribution is -0.116. The van der Waals surface area contributed by atoms with Crippen molar-refractivity contribution in [3.63, 3.8) is 0 Å². The fraction of sp³-hybridized carbons (Fsp3) is 0.263. The van der Waals surface area contributed by atoms with E-state index in [4.69, 9.17) is 11.6 Å². The molecule has 0 aliphatic rings. The van der Waals surface area contributed by atoms with Gasteiger partial charge in [0.1, 0.15) is 23.0 Å². The highest BCUT2D eigenvalue weighted by atomic mass is 35.5. The number of rotatable bonds is 5. The first-order chi connectivity index (χ1) is 12.0. The number of unbranched alkanes of at least 4 members (excludes halogenated alkanes) is 1. The average Bonchev–Trinajstić information content (AvgIpc) is 2.94. The molecule has 0 N–H and O–H groups in total. The summed E-state index contributed by atoms with van der Waals surface area (Å²) in [5.74, 6) is 0.178. The Balaban J connectivity index is 2.26. The zero-order chi connectivity index (χ0) is 18.0. The van der Waals surface area contributed by atoms with Crippen molar-refractivity contribution >= 4 is 29.0 Å². The molecule has 3 rings (SSSR count). The Kier molecular flexibility index (Phi) is 5.04. The lowest BCUT2D eigenvalue weighted by Gasteiger charge is -2.22. The first-order valence-corrected chi connectivity index (χ1v) is 8.61. The van der Waals surface area contributed by atoms with E-state index >= 15 is 0 Å². The lowest BCUT2D eigenvalue weighted by Crippen LogP contribution is -2.31. The van der Waals surface area contributed by atoms with Crippen LogP contribution in [0, 0.1) is 5.82 Å². The number of aromatic nitrogens is 2. The number of hydrogen-bond donors (Lipinski definition) is 0. The van der Waals surface area contributed by atoms with Gasteiger partial charge in [0.2, 0.25) is 5.91 Å². The second kappa shape index (κ2) is 7.23. The Morgan fingerprint density at radius 3 is 2.80 bits per heavy atom. The summed E-state index contributed by atoms with van der Waals surface area (Å²) in [4.78, 5) is 18.7. The van der Waals surface area contributed by atoms with E-state index in [2.05, 4.69) is 11.9 Å². The van der Waals surface area contributed by atoms with Crippen LogP contribution in [-0.4, -0.2) is 21.8 Å². The molecule has 0 saturated carbocycles. The molecule has 0 aliphatic heterocycles. The SMILES string of the molecule is CCCCN(C(C)=O)c1c(-c2ccc(F)cc2Cl)nc2ccccn12. The summed E-state index contributed by atoms with van der Waals surface area (Å²) in [5.41, 5.74) is 1.88. The summed E-state index contributed by atoms with van der Waals surface area (Å²) in [5, 5.41) is 0.267. The van der Waals surface area contributed by atoms with Crippen molar-refractivity contribution in [1.29, 1.82) is 0 Å². The van der Waals surface area contributed by atoms with Crippen LogP contribution in [0.15, 0.2) is 42.6 Å². The Hall–Kier alpha value is -2.40. The fourth-order valence-electron chi connectivity index (χ4n) is 2.83. The number of nitrogens with zero attached hydrogens (tertiary/aromatic N) is 3. The number of hydrogen-bond acceptors (Lipinski definition) is 2. The number of fused-ring (bicyclic) bond motifs is 1. The largest absolute Gasteiger partial charge is 0.296 e. The van der Waals surface area contributed by atoms with Crippen LogP contribution >= 0.6 is 11.6 Å². The standard InChI is InChI=1S/C19H19ClFN3O/c1-3-4-10-23(13(2)25)19-18(15-9-8-14(21)12-16(15)20)22-17-7-5-6-11-24(17)19/h5-9,11-12H,3-4,10H2,1-2H3. The third-order valence-electron chi connectivity index (χ3n) is 4.06. The van der Waals surface area contributed by atoms with E-state index in [0.29, 0.717) is 29.3 Å². The summed E-state index contributed by atoms with van der Waals surface area (Å²) >= 11 is 6.26. The van der Waals surface area contributed by atoms with Gasteiger partial charge in [-0.1, -0.05) is 31.0 Å². The average molecular weight is 360 g/mol. The predicted octanol–water partition coefficient (Wildman–Crippen LogP) is 4.95. The second-order valence-electron chi connectivity index (χ2n) is 5.86. The third kappa shape index (κ3) is 3.37. The number of pyridine rings is 1. The third-order valence-corrected chi connectivity index (χ3v) is 4.37. The van der Waals surface area contributed by atoms with Crippen LogP contribution in [0.4, 0.5) is 10.2 Å². The summed E-state index contributed by atoms with van der Waals surface area (Å²) in [6, 6.07) is 9.83. The van der Waals surface area contributed by atoms with Crippen molar-refractivity contribution < 1.29 is 9.18 Å². The maximum absolute atomic E-state index is 13.4. The monoisotopic (exact) mass is 359 g/mol. The number of anilines is 1. The van der Waals surface area contributed by atoms with Gasteiger partial charge in [-0.15, -0.1) is 0 Å². The molecule has 1 aromatic carbocycles. The van der Waals surface area contributed by atoms with Crippen molar-refractivity contribution in [3.8, 4) is 11.3 Å². The Labute approximate surface area is 150 Å². The van der Waals surface area contributed by atoms with Crippen molar-refractivity contribution in [1.82, 2.24) is 9.38 Å². The van der Waals surface area contributed by atoms with Crippen LogP contribution in [0.1, 0.15) is 26.7 Å². The van der Waals surface area contributed by atoms with E-state index in [1.807, 2.05) is 28.8 Å². The molecule has 0 fully saturated rings. The van der Waals surface area contributed by atoms with Crippen molar-refractivity contribution in [2.45, 2.75) is 26.7 Å². The number of amides is 1. The van der Waals surface area contributed by atoms with Gasteiger partial charge < -0.3 is 0 Å². The van der Waals surface area contributed by atoms with Crippen LogP contribution in [0.25, 0.3) is 16.9 Å². The highest BCUT2D eigenvalue weighted by molar-refractivity contribution is 6.33. The minimum atomic E-state index is -0.409. The highest BCUT2D eigenvalue weighted by Gasteiger charge is 2.23. The number of imidazole rings is 1. The van der Waals surface area contributed by atoms with Gasteiger partial charge in [0, 0.05) is 25.2 Å². The smallest absolute Gasteiger partial charge is 0.225 e. The maximum Gasteiger partial charge on any atom is 0.225 e. The Morgan fingerprint density at radius 2 is 2.12 bits per heavy atom. The molecular weight excluding hydrogens is 341 g/mol. The maximum atomic E-state index is 13.4. The molecule has 2 heterocycles. The van der Waals surface area contributed by atoms with E-state index in [9.17, 15) is 9.18 Å². The molecule has 3 aromatic rings. The van der Waals surface area contributed by atoms with Crippen LogP contribution in [0.3, 0.4) is 0 Å². The van der Waals surface area contributed by atoms with Crippen LogP contribution in [0.5, 0.6) is 0 Å². The van der Waals surface area contributed by atoms with Gasteiger partial charge in [-0.05, 0) is 36.8 Å². The van der Waals surface area contributed by atoms with Gasteiger partial charge in [0.25, 0.3) is 0 Å². The normalized spacial score (nSPS) is 11.0. The van der Waals surface area contributed by atoms with E-state index < -0.39 is 5.82 Å². The first-order valence-electron chi connectivity index (χ1n) is 8.23. The molecule has 0 spiro atoms. The molecule has 0 aliphatic carbocycles. The molecule has 0 atom stereocenters. The van der Waals surface area contributed by atoms with Gasteiger partial charge >= 0.3 is 0 Å². The quantitative estimate of drug-likeness (QED) is 0.646. The van der Waals surface area contributed by atoms with E-state index in [1.54, 1.807) is 11.0 Å². The van der Waals surface area contributed by atoms with Crippen LogP contribution in [0.2, 0.25) is 5.02 Å². The molecule has 2 aromatic heterocycles. The molecule has 0 unspecified atom stereocenters. The van der Waals surface area contributed by atoms with Gasteiger partial charge in [-0.3, -0.25) is 14.1 Å². The van der Waals surface area contributed by atoms with Gasteiger partial charge in [0.15, 0.2) is 0 Å². The van der Waals surface area contributed by atoms with Gasteiger partial charge in [0.05, 0.1) is 5.02 Å². The summed E-state index contributed by atoms with van der Waals surface area (Å²) in [7, 11) is 0. The van der Waals surface area contributed by atoms with Gasteiger partial charge in [-0.2, -0.15) is 0 Å². The van der Waals surface area contributed by atoms with Crippen LogP contribution < -0.4 is 4.90 Å². The molecular formula is C19H19ClFN3O. The molecule has 6 heteroatoms. The first kappa shape index (κ1) is 17.4. The zero-order valence-corrected chi connectivity index (χ0v) is 14.9. The van der Waals surface area contributed by atoms with E-state index in [-0.39, 0.29) is 10.9 Å². The number of benzene rings is 1. The minimum Gasteiger partial charge on any atom is -0.296 e. The molecule has 0 saturated heterocycles. The predicted molar refractivity (Wildman–Crippen MR) is 98.5 cm³/mol. The molecule has 1 amide bonds.